The third-order valence-corrected chi connectivity index (χ3v) is 4.68. The summed E-state index contributed by atoms with van der Waals surface area (Å²) < 4.78 is 2.12. The molecule has 122 valence electrons. The molecule has 0 saturated carbocycles. The molecular weight excluding hydrogens is 346 g/mol. The van der Waals surface area contributed by atoms with E-state index in [2.05, 4.69) is 5.43 Å². The molecule has 0 unspecified atom stereocenters. The van der Waals surface area contributed by atoms with Gasteiger partial charge in [0.1, 0.15) is 5.75 Å². The number of thiocarbonyl (C=S) groups is 1. The van der Waals surface area contributed by atoms with E-state index in [1.165, 1.54) is 18.2 Å². The summed E-state index contributed by atoms with van der Waals surface area (Å²) in [5.41, 5.74) is 3.56. The number of phenols is 1. The van der Waals surface area contributed by atoms with Crippen molar-refractivity contribution in [1.29, 1.82) is 0 Å². The van der Waals surface area contributed by atoms with E-state index in [0.29, 0.717) is 4.91 Å². The molecule has 1 aliphatic heterocycles. The van der Waals surface area contributed by atoms with Gasteiger partial charge < -0.3 is 9.67 Å². The van der Waals surface area contributed by atoms with E-state index < -0.39 is 5.91 Å². The van der Waals surface area contributed by atoms with Crippen molar-refractivity contribution in [3.63, 3.8) is 0 Å². The Morgan fingerprint density at radius 2 is 2.12 bits per heavy atom. The molecule has 24 heavy (non-hydrogen) atoms. The van der Waals surface area contributed by atoms with E-state index >= 15 is 0 Å². The highest BCUT2D eigenvalue weighted by Crippen LogP contribution is 2.31. The van der Waals surface area contributed by atoms with Gasteiger partial charge in [0.2, 0.25) is 0 Å². The summed E-state index contributed by atoms with van der Waals surface area (Å²) in [4.78, 5) is 25.1. The number of benzene rings is 1. The predicted octanol–water partition coefficient (Wildman–Crippen LogP) is 2.28. The van der Waals surface area contributed by atoms with Gasteiger partial charge in [-0.15, -0.1) is 0 Å². The van der Waals surface area contributed by atoms with E-state index in [1.807, 2.05) is 29.9 Å². The molecular formula is C16H13N3O3S2. The lowest BCUT2D eigenvalue weighted by Crippen LogP contribution is -2.44. The quantitative estimate of drug-likeness (QED) is 0.650. The van der Waals surface area contributed by atoms with E-state index in [0.717, 1.165) is 22.5 Å². The minimum absolute atomic E-state index is 0.0309. The average Bonchev–Trinajstić information content (AvgIpc) is 3.06. The number of carbonyl (C=O) groups excluding carboxylic acids is 2. The van der Waals surface area contributed by atoms with E-state index in [1.54, 1.807) is 12.1 Å². The number of nitrogens with zero attached hydrogens (tertiary/aromatic N) is 2. The number of aryl methyl sites for hydroxylation is 1. The molecule has 2 aromatic rings. The van der Waals surface area contributed by atoms with Gasteiger partial charge in [0.05, 0.1) is 4.91 Å². The fourth-order valence-corrected chi connectivity index (χ4v) is 3.30. The highest BCUT2D eigenvalue weighted by molar-refractivity contribution is 8.26. The maximum Gasteiger partial charge on any atom is 0.285 e. The lowest BCUT2D eigenvalue weighted by molar-refractivity contribution is -0.123. The van der Waals surface area contributed by atoms with Gasteiger partial charge in [-0.05, 0) is 48.6 Å². The number of hydrogen-bond donors (Lipinski definition) is 2. The van der Waals surface area contributed by atoms with Crippen molar-refractivity contribution in [3.8, 4) is 5.75 Å². The van der Waals surface area contributed by atoms with Crippen molar-refractivity contribution in [2.45, 2.75) is 0 Å². The van der Waals surface area contributed by atoms with Crippen LogP contribution in [-0.2, 0) is 11.8 Å². The second-order valence-electron chi connectivity index (χ2n) is 5.05. The zero-order chi connectivity index (χ0) is 17.3. The number of phenolic OH excluding ortho intramolecular Hbond substituents is 1. The summed E-state index contributed by atoms with van der Waals surface area (Å²) in [6.45, 7) is 0. The Morgan fingerprint density at radius 1 is 1.33 bits per heavy atom. The third-order valence-electron chi connectivity index (χ3n) is 3.38. The van der Waals surface area contributed by atoms with Gasteiger partial charge in [0.25, 0.3) is 11.8 Å². The van der Waals surface area contributed by atoms with Gasteiger partial charge in [-0.1, -0.05) is 17.8 Å². The molecule has 3 rings (SSSR count). The lowest BCUT2D eigenvalue weighted by atomic mass is 10.2. The zero-order valence-corrected chi connectivity index (χ0v) is 14.2. The van der Waals surface area contributed by atoms with Crippen LogP contribution in [-0.4, -0.2) is 30.8 Å². The summed E-state index contributed by atoms with van der Waals surface area (Å²) in [5.74, 6) is -0.946. The molecule has 0 aliphatic carbocycles. The first kappa shape index (κ1) is 16.3. The summed E-state index contributed by atoms with van der Waals surface area (Å²) in [6, 6.07) is 9.59. The molecule has 0 atom stereocenters. The molecule has 1 fully saturated rings. The molecule has 0 spiro atoms. The Labute approximate surface area is 147 Å². The molecule has 8 heteroatoms. The fourth-order valence-electron chi connectivity index (χ4n) is 2.14. The van der Waals surface area contributed by atoms with Crippen LogP contribution in [0.15, 0.2) is 47.5 Å². The summed E-state index contributed by atoms with van der Waals surface area (Å²) in [5, 5.41) is 10.5. The van der Waals surface area contributed by atoms with Crippen molar-refractivity contribution in [3.05, 3.63) is 58.8 Å². The number of carbonyl (C=O) groups is 2. The van der Waals surface area contributed by atoms with Crippen molar-refractivity contribution in [2.24, 2.45) is 7.05 Å². The number of hydrogen-bond acceptors (Lipinski definition) is 5. The second-order valence-corrected chi connectivity index (χ2v) is 6.73. The average molecular weight is 359 g/mol. The van der Waals surface area contributed by atoms with E-state index in [-0.39, 0.29) is 21.5 Å². The number of hydrazine groups is 1. The second kappa shape index (κ2) is 6.50. The summed E-state index contributed by atoms with van der Waals surface area (Å²) in [6.07, 6.45) is 3.59. The van der Waals surface area contributed by atoms with Crippen LogP contribution in [0.5, 0.6) is 5.75 Å². The van der Waals surface area contributed by atoms with Gasteiger partial charge in [-0.2, -0.15) is 5.01 Å². The van der Waals surface area contributed by atoms with Gasteiger partial charge in [0.15, 0.2) is 4.32 Å². The van der Waals surface area contributed by atoms with Gasteiger partial charge in [0, 0.05) is 24.5 Å². The summed E-state index contributed by atoms with van der Waals surface area (Å²) in [7, 11) is 1.87. The number of nitrogens with one attached hydrogen (secondary N) is 1. The minimum Gasteiger partial charge on any atom is -0.508 e. The van der Waals surface area contributed by atoms with Crippen molar-refractivity contribution >= 4 is 46.2 Å². The van der Waals surface area contributed by atoms with E-state index in [9.17, 15) is 14.7 Å². The molecule has 6 nitrogen and oxygen atoms in total. The first-order valence-corrected chi connectivity index (χ1v) is 8.17. The standard InChI is InChI=1S/C16H13N3O3S2/c1-18-7-3-5-11(18)9-13-15(22)19(16(23)24-13)17-14(21)10-4-2-6-12(20)8-10/h2-9,20H,1H3,(H,17,21)/b13-9+. The Kier molecular flexibility index (Phi) is 4.41. The van der Waals surface area contributed by atoms with Crippen LogP contribution in [0.4, 0.5) is 0 Å². The smallest absolute Gasteiger partial charge is 0.285 e. The molecule has 1 aromatic carbocycles. The number of thioether (sulfide) groups is 1. The van der Waals surface area contributed by atoms with Crippen LogP contribution in [0.1, 0.15) is 16.1 Å². The Hall–Kier alpha value is -2.58. The molecule has 1 aromatic heterocycles. The number of aromatic nitrogens is 1. The topological polar surface area (TPSA) is 74.6 Å². The Bertz CT molecular complexity index is 873. The number of amides is 2. The largest absolute Gasteiger partial charge is 0.508 e. The number of aromatic hydroxyl groups is 1. The predicted molar refractivity (Wildman–Crippen MR) is 96.0 cm³/mol. The van der Waals surface area contributed by atoms with Crippen LogP contribution in [0.3, 0.4) is 0 Å². The van der Waals surface area contributed by atoms with Gasteiger partial charge in [-0.25, -0.2) is 0 Å². The Balaban J connectivity index is 1.79. The van der Waals surface area contributed by atoms with Gasteiger partial charge in [-0.3, -0.25) is 15.0 Å². The highest BCUT2D eigenvalue weighted by Gasteiger charge is 2.34. The van der Waals surface area contributed by atoms with Crippen molar-refractivity contribution in [2.75, 3.05) is 0 Å². The van der Waals surface area contributed by atoms with E-state index in [4.69, 9.17) is 12.2 Å². The summed E-state index contributed by atoms with van der Waals surface area (Å²) >= 11 is 6.29. The van der Waals surface area contributed by atoms with Crippen LogP contribution in [0.25, 0.3) is 6.08 Å². The zero-order valence-electron chi connectivity index (χ0n) is 12.6. The fraction of sp³-hybridized carbons (Fsp3) is 0.0625. The molecule has 0 bridgehead atoms. The molecule has 2 heterocycles. The lowest BCUT2D eigenvalue weighted by Gasteiger charge is -2.15. The molecule has 2 N–H and O–H groups in total. The third kappa shape index (κ3) is 3.19. The van der Waals surface area contributed by atoms with Crippen LogP contribution >= 0.6 is 24.0 Å². The maximum atomic E-state index is 12.5. The first-order chi connectivity index (χ1) is 11.5. The SMILES string of the molecule is Cn1cccc1/C=C1/SC(=S)N(NC(=O)c2cccc(O)c2)C1=O. The maximum absolute atomic E-state index is 12.5. The highest BCUT2D eigenvalue weighted by atomic mass is 32.2. The normalized spacial score (nSPS) is 16.0. The minimum atomic E-state index is -0.526. The van der Waals surface area contributed by atoms with Crippen LogP contribution in [0, 0.1) is 0 Å². The van der Waals surface area contributed by atoms with Crippen LogP contribution < -0.4 is 5.43 Å². The number of rotatable bonds is 3. The molecule has 2 amide bonds. The van der Waals surface area contributed by atoms with Gasteiger partial charge >= 0.3 is 0 Å². The van der Waals surface area contributed by atoms with Crippen LogP contribution in [0.2, 0.25) is 0 Å². The molecule has 1 aliphatic rings. The monoisotopic (exact) mass is 359 g/mol. The molecule has 1 saturated heterocycles. The van der Waals surface area contributed by atoms with Crippen molar-refractivity contribution < 1.29 is 14.7 Å². The Morgan fingerprint density at radius 3 is 2.79 bits per heavy atom. The van der Waals surface area contributed by atoms with Crippen molar-refractivity contribution in [1.82, 2.24) is 15.0 Å². The first-order valence-electron chi connectivity index (χ1n) is 6.95. The molecule has 0 radical (unpaired) electrons.